The number of fused-ring (bicyclic) bond motifs is 1. The normalized spacial score (nSPS) is 18.3. The summed E-state index contributed by atoms with van der Waals surface area (Å²) in [4.78, 5) is 16.7. The number of anilines is 1. The van der Waals surface area contributed by atoms with Gasteiger partial charge in [0.05, 0.1) is 23.5 Å². The molecule has 0 aliphatic carbocycles. The molecule has 6 nitrogen and oxygen atoms in total. The summed E-state index contributed by atoms with van der Waals surface area (Å²) in [5.74, 6) is -0.102. The smallest absolute Gasteiger partial charge is 0.253 e. The highest BCUT2D eigenvalue weighted by molar-refractivity contribution is 5.94. The molecule has 0 bridgehead atoms. The number of nitrogens with zero attached hydrogens (tertiary/aromatic N) is 2. The lowest BCUT2D eigenvalue weighted by Crippen LogP contribution is -2.29. The number of hydrogen-bond donors (Lipinski definition) is 2. The van der Waals surface area contributed by atoms with E-state index in [-0.39, 0.29) is 36.8 Å². The number of amides is 1. The van der Waals surface area contributed by atoms with E-state index in [1.807, 2.05) is 48.8 Å². The van der Waals surface area contributed by atoms with Crippen LogP contribution in [0.1, 0.15) is 18.4 Å². The predicted molar refractivity (Wildman–Crippen MR) is 115 cm³/mol. The molecule has 1 amide bonds. The number of aromatic nitrogens is 2. The predicted octanol–water partition coefficient (Wildman–Crippen LogP) is 3.37. The molecule has 0 radical (unpaired) electrons. The zero-order valence-corrected chi connectivity index (χ0v) is 16.9. The third-order valence-electron chi connectivity index (χ3n) is 4.76. The zero-order valence-electron chi connectivity index (χ0n) is 15.3. The van der Waals surface area contributed by atoms with Crippen LogP contribution in [0.25, 0.3) is 11.0 Å². The number of carbonyl (C=O) groups is 1. The van der Waals surface area contributed by atoms with Gasteiger partial charge in [-0.3, -0.25) is 4.79 Å². The number of nitrogens with one attached hydrogen (secondary N) is 1. The molecular weight excluding hydrogens is 399 g/mol. The van der Waals surface area contributed by atoms with Crippen molar-refractivity contribution >= 4 is 47.4 Å². The van der Waals surface area contributed by atoms with Crippen molar-refractivity contribution in [1.82, 2.24) is 9.55 Å². The van der Waals surface area contributed by atoms with Gasteiger partial charge in [0.2, 0.25) is 0 Å². The summed E-state index contributed by atoms with van der Waals surface area (Å²) in [7, 11) is 0. The average Bonchev–Trinajstić information content (AvgIpc) is 3.31. The van der Waals surface area contributed by atoms with E-state index in [1.165, 1.54) is 0 Å². The van der Waals surface area contributed by atoms with E-state index in [0.29, 0.717) is 6.54 Å². The monoisotopic (exact) mass is 422 g/mol. The van der Waals surface area contributed by atoms with Crippen LogP contribution in [0.5, 0.6) is 0 Å². The first kappa shape index (κ1) is 22.2. The minimum atomic E-state index is -0.402. The standard InChI is InChI=1S/C20H22N4O2.2ClH/c21-11-16-9-10-19(26-16)20(25)23-15-7-5-14(6-8-15)12-24-13-22-17-3-1-2-4-18(17)24;;/h1-8,13,16,19H,9-12,21H2,(H,23,25);2*1H/t16-,19+;;/m1../s1. The summed E-state index contributed by atoms with van der Waals surface area (Å²) in [5, 5.41) is 2.92. The number of carbonyl (C=O) groups excluding carboxylic acids is 1. The van der Waals surface area contributed by atoms with Crippen LogP contribution < -0.4 is 11.1 Å². The minimum absolute atomic E-state index is 0. The SMILES string of the molecule is Cl.Cl.NC[C@H]1CC[C@@H](C(=O)Nc2ccc(Cn3cnc4ccccc43)cc2)O1. The van der Waals surface area contributed by atoms with Gasteiger partial charge in [-0.2, -0.15) is 0 Å². The van der Waals surface area contributed by atoms with Crippen molar-refractivity contribution in [2.45, 2.75) is 31.6 Å². The Labute approximate surface area is 176 Å². The van der Waals surface area contributed by atoms with Crippen LogP contribution in [0.3, 0.4) is 0 Å². The molecule has 0 unspecified atom stereocenters. The van der Waals surface area contributed by atoms with Gasteiger partial charge in [0.25, 0.3) is 5.91 Å². The fourth-order valence-corrected chi connectivity index (χ4v) is 3.32. The first-order valence-corrected chi connectivity index (χ1v) is 8.88. The molecule has 1 fully saturated rings. The van der Waals surface area contributed by atoms with E-state index in [0.717, 1.165) is 41.7 Å². The van der Waals surface area contributed by atoms with Gasteiger partial charge in [-0.25, -0.2) is 4.98 Å². The van der Waals surface area contributed by atoms with Gasteiger partial charge in [0, 0.05) is 18.8 Å². The lowest BCUT2D eigenvalue weighted by molar-refractivity contribution is -0.126. The molecule has 2 aromatic carbocycles. The molecular formula is C20H24Cl2N4O2. The molecule has 28 heavy (non-hydrogen) atoms. The molecule has 1 aliphatic heterocycles. The van der Waals surface area contributed by atoms with Crippen LogP contribution in [-0.4, -0.2) is 34.2 Å². The topological polar surface area (TPSA) is 82.2 Å². The second-order valence-electron chi connectivity index (χ2n) is 6.61. The second kappa shape index (κ2) is 9.89. The third kappa shape index (κ3) is 4.83. The molecule has 1 aliphatic rings. The molecule has 8 heteroatoms. The van der Waals surface area contributed by atoms with Gasteiger partial charge in [0.1, 0.15) is 6.10 Å². The molecule has 1 aromatic heterocycles. The van der Waals surface area contributed by atoms with Gasteiger partial charge >= 0.3 is 0 Å². The van der Waals surface area contributed by atoms with Crippen molar-refractivity contribution in [3.63, 3.8) is 0 Å². The van der Waals surface area contributed by atoms with Gasteiger partial charge < -0.3 is 20.4 Å². The molecule has 3 aromatic rings. The highest BCUT2D eigenvalue weighted by Gasteiger charge is 2.29. The summed E-state index contributed by atoms with van der Waals surface area (Å²) in [5.41, 5.74) is 9.61. The van der Waals surface area contributed by atoms with Crippen LogP contribution in [-0.2, 0) is 16.1 Å². The summed E-state index contributed by atoms with van der Waals surface area (Å²) in [6.07, 6.45) is 3.01. The highest BCUT2D eigenvalue weighted by Crippen LogP contribution is 2.21. The number of para-hydroxylation sites is 2. The molecule has 1 saturated heterocycles. The van der Waals surface area contributed by atoms with E-state index in [4.69, 9.17) is 10.5 Å². The van der Waals surface area contributed by atoms with Crippen molar-refractivity contribution in [3.05, 3.63) is 60.4 Å². The summed E-state index contributed by atoms with van der Waals surface area (Å²) in [6, 6.07) is 15.9. The number of ether oxygens (including phenoxy) is 1. The van der Waals surface area contributed by atoms with Crippen molar-refractivity contribution in [2.24, 2.45) is 5.73 Å². The Hall–Kier alpha value is -2.12. The van der Waals surface area contributed by atoms with Gasteiger partial charge in [-0.1, -0.05) is 24.3 Å². The fraction of sp³-hybridized carbons (Fsp3) is 0.300. The largest absolute Gasteiger partial charge is 0.364 e. The summed E-state index contributed by atoms with van der Waals surface area (Å²) in [6.45, 7) is 1.19. The molecule has 0 spiro atoms. The van der Waals surface area contributed by atoms with Crippen molar-refractivity contribution in [1.29, 1.82) is 0 Å². The summed E-state index contributed by atoms with van der Waals surface area (Å²) >= 11 is 0. The number of imidazole rings is 1. The van der Waals surface area contributed by atoms with Gasteiger partial charge in [-0.05, 0) is 42.7 Å². The molecule has 0 saturated carbocycles. The summed E-state index contributed by atoms with van der Waals surface area (Å²) < 4.78 is 7.75. The maximum absolute atomic E-state index is 12.3. The maximum atomic E-state index is 12.3. The second-order valence-corrected chi connectivity index (χ2v) is 6.61. The van der Waals surface area contributed by atoms with Crippen LogP contribution in [0.2, 0.25) is 0 Å². The van der Waals surface area contributed by atoms with Crippen molar-refractivity contribution in [2.75, 3.05) is 11.9 Å². The average molecular weight is 423 g/mol. The number of halogens is 2. The van der Waals surface area contributed by atoms with Crippen LogP contribution in [0, 0.1) is 0 Å². The molecule has 150 valence electrons. The number of hydrogen-bond acceptors (Lipinski definition) is 4. The molecule has 3 N–H and O–H groups in total. The number of rotatable bonds is 5. The van der Waals surface area contributed by atoms with E-state index < -0.39 is 6.10 Å². The highest BCUT2D eigenvalue weighted by atomic mass is 35.5. The van der Waals surface area contributed by atoms with E-state index >= 15 is 0 Å². The zero-order chi connectivity index (χ0) is 17.9. The fourth-order valence-electron chi connectivity index (χ4n) is 3.32. The minimum Gasteiger partial charge on any atom is -0.364 e. The van der Waals surface area contributed by atoms with E-state index in [9.17, 15) is 4.79 Å². The Kier molecular flexibility index (Phi) is 7.83. The number of benzene rings is 2. The Morgan fingerprint density at radius 3 is 2.61 bits per heavy atom. The quantitative estimate of drug-likeness (QED) is 0.659. The molecule has 4 rings (SSSR count). The lowest BCUT2D eigenvalue weighted by Gasteiger charge is -2.13. The first-order chi connectivity index (χ1) is 12.7. The third-order valence-corrected chi connectivity index (χ3v) is 4.76. The Morgan fingerprint density at radius 1 is 1.14 bits per heavy atom. The lowest BCUT2D eigenvalue weighted by atomic mass is 10.1. The maximum Gasteiger partial charge on any atom is 0.253 e. The van der Waals surface area contributed by atoms with Crippen LogP contribution in [0.4, 0.5) is 5.69 Å². The van der Waals surface area contributed by atoms with Gasteiger partial charge in [-0.15, -0.1) is 24.8 Å². The Bertz CT molecular complexity index is 914. The van der Waals surface area contributed by atoms with E-state index in [1.54, 1.807) is 0 Å². The van der Waals surface area contributed by atoms with Crippen LogP contribution in [0.15, 0.2) is 54.9 Å². The van der Waals surface area contributed by atoms with Crippen molar-refractivity contribution < 1.29 is 9.53 Å². The first-order valence-electron chi connectivity index (χ1n) is 8.88. The van der Waals surface area contributed by atoms with Gasteiger partial charge in [0.15, 0.2) is 0 Å². The molecule has 2 heterocycles. The Morgan fingerprint density at radius 2 is 1.89 bits per heavy atom. The van der Waals surface area contributed by atoms with Crippen LogP contribution >= 0.6 is 24.8 Å². The Balaban J connectivity index is 0.00000140. The number of nitrogens with two attached hydrogens (primary N) is 1. The van der Waals surface area contributed by atoms with Crippen molar-refractivity contribution in [3.8, 4) is 0 Å². The van der Waals surface area contributed by atoms with E-state index in [2.05, 4.69) is 20.9 Å². The molecule has 2 atom stereocenters.